The van der Waals surface area contributed by atoms with Crippen LogP contribution < -0.4 is 4.72 Å². The topological polar surface area (TPSA) is 66.4 Å². The Labute approximate surface area is 105 Å². The van der Waals surface area contributed by atoms with E-state index in [9.17, 15) is 13.5 Å². The van der Waals surface area contributed by atoms with E-state index in [-0.39, 0.29) is 11.5 Å². The first-order valence-corrected chi connectivity index (χ1v) is 7.28. The Hall–Kier alpha value is -0.270. The molecule has 84 valence electrons. The smallest absolute Gasteiger partial charge is 0.232 e. The lowest BCUT2D eigenvalue weighted by atomic mass is 10.3. The van der Waals surface area contributed by atoms with Gasteiger partial charge in [0.1, 0.15) is 5.75 Å². The third kappa shape index (κ3) is 3.35. The number of phenolic OH excluding ortho intramolecular Hbond substituents is 1. The van der Waals surface area contributed by atoms with Crippen molar-refractivity contribution >= 4 is 47.6 Å². The van der Waals surface area contributed by atoms with Crippen molar-refractivity contribution in [3.8, 4) is 5.75 Å². The van der Waals surface area contributed by atoms with Crippen molar-refractivity contribution < 1.29 is 13.5 Å². The average Bonchev–Trinajstić information content (AvgIpc) is 2.13. The number of aromatic hydroxyl groups is 1. The summed E-state index contributed by atoms with van der Waals surface area (Å²) in [5.41, 5.74) is 0.397. The predicted molar refractivity (Wildman–Crippen MR) is 66.6 cm³/mol. The van der Waals surface area contributed by atoms with Crippen molar-refractivity contribution in [3.63, 3.8) is 0 Å². The van der Waals surface area contributed by atoms with Crippen LogP contribution in [-0.4, -0.2) is 19.3 Å². The van der Waals surface area contributed by atoms with Crippen molar-refractivity contribution in [2.75, 3.05) is 10.5 Å². The molecule has 0 spiro atoms. The molecule has 0 atom stereocenters. The average molecular weight is 359 g/mol. The molecule has 1 rings (SSSR count). The SMILES string of the molecule is CCS(=O)(=O)Nc1cc(Br)c(O)c(Br)c1. The normalized spacial score (nSPS) is 11.4. The van der Waals surface area contributed by atoms with Gasteiger partial charge >= 0.3 is 0 Å². The molecule has 15 heavy (non-hydrogen) atoms. The summed E-state index contributed by atoms with van der Waals surface area (Å²) in [6.45, 7) is 1.55. The van der Waals surface area contributed by atoms with Crippen LogP contribution in [-0.2, 0) is 10.0 Å². The van der Waals surface area contributed by atoms with Crippen LogP contribution in [0.1, 0.15) is 6.92 Å². The number of hydrogen-bond donors (Lipinski definition) is 2. The number of hydrogen-bond acceptors (Lipinski definition) is 3. The van der Waals surface area contributed by atoms with E-state index in [4.69, 9.17) is 0 Å². The first kappa shape index (κ1) is 12.8. The van der Waals surface area contributed by atoms with Crippen molar-refractivity contribution in [1.82, 2.24) is 0 Å². The van der Waals surface area contributed by atoms with Gasteiger partial charge in [0.2, 0.25) is 10.0 Å². The molecule has 0 saturated carbocycles. The summed E-state index contributed by atoms with van der Waals surface area (Å²) in [7, 11) is -3.29. The maximum absolute atomic E-state index is 11.3. The number of benzene rings is 1. The summed E-state index contributed by atoms with van der Waals surface area (Å²) in [5.74, 6) is 0.0396. The minimum Gasteiger partial charge on any atom is -0.506 e. The number of anilines is 1. The van der Waals surface area contributed by atoms with Crippen LogP contribution in [0.3, 0.4) is 0 Å². The van der Waals surface area contributed by atoms with Crippen molar-refractivity contribution in [3.05, 3.63) is 21.1 Å². The van der Waals surface area contributed by atoms with Crippen molar-refractivity contribution in [2.45, 2.75) is 6.92 Å². The summed E-state index contributed by atoms with van der Waals surface area (Å²) >= 11 is 6.22. The lowest BCUT2D eigenvalue weighted by molar-refractivity contribution is 0.468. The zero-order valence-corrected chi connectivity index (χ0v) is 11.8. The lowest BCUT2D eigenvalue weighted by Gasteiger charge is -2.08. The van der Waals surface area contributed by atoms with E-state index in [1.165, 1.54) is 12.1 Å². The number of nitrogens with one attached hydrogen (secondary N) is 1. The Balaban J connectivity index is 3.08. The third-order valence-electron chi connectivity index (χ3n) is 1.67. The Morgan fingerprint density at radius 2 is 1.80 bits per heavy atom. The summed E-state index contributed by atoms with van der Waals surface area (Å²) in [6.07, 6.45) is 0. The molecular formula is C8H9Br2NO3S. The third-order valence-corrected chi connectivity index (χ3v) is 4.19. The molecule has 0 fully saturated rings. The highest BCUT2D eigenvalue weighted by Gasteiger charge is 2.10. The summed E-state index contributed by atoms with van der Waals surface area (Å²) < 4.78 is 25.8. The molecule has 0 heterocycles. The van der Waals surface area contributed by atoms with Gasteiger partial charge in [-0.3, -0.25) is 4.72 Å². The van der Waals surface area contributed by atoms with Gasteiger partial charge in [-0.1, -0.05) is 0 Å². The van der Waals surface area contributed by atoms with Crippen LogP contribution in [0.4, 0.5) is 5.69 Å². The molecule has 0 aromatic heterocycles. The summed E-state index contributed by atoms with van der Waals surface area (Å²) in [4.78, 5) is 0. The van der Waals surface area contributed by atoms with Gasteiger partial charge in [-0.15, -0.1) is 0 Å². The monoisotopic (exact) mass is 357 g/mol. The van der Waals surface area contributed by atoms with E-state index in [0.29, 0.717) is 14.6 Å². The Bertz CT molecular complexity index is 450. The highest BCUT2D eigenvalue weighted by Crippen LogP contribution is 2.35. The van der Waals surface area contributed by atoms with E-state index in [1.54, 1.807) is 6.92 Å². The van der Waals surface area contributed by atoms with Gasteiger partial charge in [0.25, 0.3) is 0 Å². The maximum atomic E-state index is 11.3. The molecule has 0 amide bonds. The molecule has 0 radical (unpaired) electrons. The Morgan fingerprint density at radius 3 is 2.20 bits per heavy atom. The number of sulfonamides is 1. The van der Waals surface area contributed by atoms with Crippen molar-refractivity contribution in [1.29, 1.82) is 0 Å². The second kappa shape index (κ2) is 4.71. The first-order chi connectivity index (χ1) is 6.85. The number of phenols is 1. The summed E-state index contributed by atoms with van der Waals surface area (Å²) in [6, 6.07) is 2.99. The quantitative estimate of drug-likeness (QED) is 0.816. The van der Waals surface area contributed by atoms with Crippen LogP contribution >= 0.6 is 31.9 Å². The lowest BCUT2D eigenvalue weighted by Crippen LogP contribution is -2.14. The van der Waals surface area contributed by atoms with Crippen LogP contribution in [0.25, 0.3) is 0 Å². The molecule has 0 aliphatic heterocycles. The van der Waals surface area contributed by atoms with E-state index >= 15 is 0 Å². The molecule has 0 bridgehead atoms. The van der Waals surface area contributed by atoms with Crippen LogP contribution in [0.2, 0.25) is 0 Å². The minimum atomic E-state index is -3.29. The maximum Gasteiger partial charge on any atom is 0.232 e. The van der Waals surface area contributed by atoms with E-state index in [1.807, 2.05) is 0 Å². The van der Waals surface area contributed by atoms with E-state index in [2.05, 4.69) is 36.6 Å². The molecule has 1 aromatic carbocycles. The standard InChI is InChI=1S/C8H9Br2NO3S/c1-2-15(13,14)11-5-3-6(9)8(12)7(10)4-5/h3-4,11-12H,2H2,1H3. The zero-order chi connectivity index (χ0) is 11.6. The molecule has 0 saturated heterocycles. The summed E-state index contributed by atoms with van der Waals surface area (Å²) in [5, 5.41) is 9.42. The van der Waals surface area contributed by atoms with Crippen LogP contribution in [0.5, 0.6) is 5.75 Å². The zero-order valence-electron chi connectivity index (χ0n) is 7.79. The predicted octanol–water partition coefficient (Wildman–Crippen LogP) is 2.68. The fourth-order valence-electron chi connectivity index (χ4n) is 0.876. The van der Waals surface area contributed by atoms with E-state index < -0.39 is 10.0 Å². The van der Waals surface area contributed by atoms with Gasteiger partial charge < -0.3 is 5.11 Å². The van der Waals surface area contributed by atoms with Gasteiger partial charge in [-0.2, -0.15) is 0 Å². The van der Waals surface area contributed by atoms with Gasteiger partial charge in [0.15, 0.2) is 0 Å². The van der Waals surface area contributed by atoms with Crippen LogP contribution in [0, 0.1) is 0 Å². The van der Waals surface area contributed by atoms with Gasteiger partial charge in [-0.25, -0.2) is 8.42 Å². The fourth-order valence-corrected chi connectivity index (χ4v) is 2.68. The number of rotatable bonds is 3. The molecule has 2 N–H and O–H groups in total. The largest absolute Gasteiger partial charge is 0.506 e. The molecule has 0 unspecified atom stereocenters. The Morgan fingerprint density at radius 1 is 1.33 bits per heavy atom. The van der Waals surface area contributed by atoms with Gasteiger partial charge in [-0.05, 0) is 50.9 Å². The minimum absolute atomic E-state index is 0.00309. The second-order valence-corrected chi connectivity index (χ2v) is 6.51. The molecular weight excluding hydrogens is 350 g/mol. The molecule has 1 aromatic rings. The molecule has 0 aliphatic carbocycles. The molecule has 0 aliphatic rings. The molecule has 7 heteroatoms. The highest BCUT2D eigenvalue weighted by atomic mass is 79.9. The number of halogens is 2. The highest BCUT2D eigenvalue weighted by molar-refractivity contribution is 9.11. The van der Waals surface area contributed by atoms with Crippen LogP contribution in [0.15, 0.2) is 21.1 Å². The molecule has 4 nitrogen and oxygen atoms in total. The first-order valence-electron chi connectivity index (χ1n) is 4.04. The fraction of sp³-hybridized carbons (Fsp3) is 0.250. The van der Waals surface area contributed by atoms with Gasteiger partial charge in [0, 0.05) is 0 Å². The second-order valence-electron chi connectivity index (χ2n) is 2.79. The van der Waals surface area contributed by atoms with Gasteiger partial charge in [0.05, 0.1) is 20.4 Å². The Kier molecular flexibility index (Phi) is 4.02. The van der Waals surface area contributed by atoms with Crippen molar-refractivity contribution in [2.24, 2.45) is 0 Å². The van der Waals surface area contributed by atoms with E-state index in [0.717, 1.165) is 0 Å².